The number of hydrogen-bond acceptors (Lipinski definition) is 4. The van der Waals surface area contributed by atoms with Crippen molar-refractivity contribution in [3.05, 3.63) is 6.92 Å². The first-order valence-corrected chi connectivity index (χ1v) is 4.43. The average Bonchev–Trinajstić information content (AvgIpc) is 1.77. The third kappa shape index (κ3) is 11.6. The standard InChI is InChI=1S/C10H17O4.W/c1-7(13-8(2)11)6-9(12)14-10(3,4)5;/h7H,1,6H2,2-5H3;/q-1;. The minimum Gasteiger partial charge on any atom is -0.495 e. The Balaban J connectivity index is 0. The molecule has 5 heteroatoms. The van der Waals surface area contributed by atoms with E-state index in [4.69, 9.17) is 4.74 Å². The minimum absolute atomic E-state index is 0. The Kier molecular flexibility index (Phi) is 7.94. The van der Waals surface area contributed by atoms with Gasteiger partial charge in [0.05, 0.1) is 6.42 Å². The van der Waals surface area contributed by atoms with E-state index in [1.54, 1.807) is 20.8 Å². The first-order chi connectivity index (χ1) is 6.20. The predicted octanol–water partition coefficient (Wildman–Crippen LogP) is 1.48. The summed E-state index contributed by atoms with van der Waals surface area (Å²) in [6, 6.07) is 0. The molecule has 4 nitrogen and oxygen atoms in total. The topological polar surface area (TPSA) is 52.6 Å². The molecular formula is C10H17O4W-. The van der Waals surface area contributed by atoms with Crippen LogP contribution < -0.4 is 0 Å². The number of carbonyl (C=O) groups is 2. The summed E-state index contributed by atoms with van der Waals surface area (Å²) in [4.78, 5) is 21.7. The molecule has 0 N–H and O–H groups in total. The normalized spacial score (nSPS) is 12.3. The van der Waals surface area contributed by atoms with Crippen LogP contribution in [0.15, 0.2) is 0 Å². The molecule has 1 atom stereocenters. The van der Waals surface area contributed by atoms with Gasteiger partial charge < -0.3 is 16.4 Å². The van der Waals surface area contributed by atoms with E-state index >= 15 is 0 Å². The summed E-state index contributed by atoms with van der Waals surface area (Å²) in [5.41, 5.74) is -0.521. The molecule has 88 valence electrons. The predicted molar refractivity (Wildman–Crippen MR) is 51.4 cm³/mol. The molecule has 0 fully saturated rings. The summed E-state index contributed by atoms with van der Waals surface area (Å²) >= 11 is 0. The molecule has 0 aromatic heterocycles. The summed E-state index contributed by atoms with van der Waals surface area (Å²) in [6.45, 7) is 10.1. The van der Waals surface area contributed by atoms with Gasteiger partial charge in [0, 0.05) is 28.0 Å². The van der Waals surface area contributed by atoms with Crippen LogP contribution in [0.2, 0.25) is 0 Å². The van der Waals surface area contributed by atoms with Gasteiger partial charge in [0.2, 0.25) is 0 Å². The van der Waals surface area contributed by atoms with Crippen LogP contribution in [0.4, 0.5) is 0 Å². The maximum absolute atomic E-state index is 11.2. The van der Waals surface area contributed by atoms with Crippen molar-refractivity contribution in [2.45, 2.75) is 45.8 Å². The van der Waals surface area contributed by atoms with E-state index < -0.39 is 23.6 Å². The molecule has 0 aromatic carbocycles. The molecule has 0 spiro atoms. The van der Waals surface area contributed by atoms with Gasteiger partial charge in [-0.05, 0) is 26.9 Å². The van der Waals surface area contributed by atoms with Gasteiger partial charge in [-0.2, -0.15) is 0 Å². The maximum atomic E-state index is 11.2. The van der Waals surface area contributed by atoms with E-state index in [9.17, 15) is 9.59 Å². The van der Waals surface area contributed by atoms with E-state index in [-0.39, 0.29) is 27.5 Å². The fourth-order valence-electron chi connectivity index (χ4n) is 0.845. The van der Waals surface area contributed by atoms with Gasteiger partial charge in [-0.3, -0.25) is 9.59 Å². The van der Waals surface area contributed by atoms with E-state index in [2.05, 4.69) is 11.7 Å². The van der Waals surface area contributed by atoms with Crippen molar-refractivity contribution in [1.82, 2.24) is 0 Å². The van der Waals surface area contributed by atoms with Gasteiger partial charge in [0.1, 0.15) is 5.60 Å². The summed E-state index contributed by atoms with van der Waals surface area (Å²) < 4.78 is 9.70. The van der Waals surface area contributed by atoms with Crippen LogP contribution in [0, 0.1) is 6.92 Å². The van der Waals surface area contributed by atoms with Crippen LogP contribution in [0.3, 0.4) is 0 Å². The van der Waals surface area contributed by atoms with E-state index in [1.807, 2.05) is 0 Å². The van der Waals surface area contributed by atoms with E-state index in [0.717, 1.165) is 0 Å². The second-order valence-electron chi connectivity index (χ2n) is 4.02. The molecule has 0 bridgehead atoms. The van der Waals surface area contributed by atoms with Crippen LogP contribution in [-0.4, -0.2) is 23.6 Å². The Morgan fingerprint density at radius 2 is 1.80 bits per heavy atom. The van der Waals surface area contributed by atoms with Crippen molar-refractivity contribution in [2.24, 2.45) is 0 Å². The number of hydrogen-bond donors (Lipinski definition) is 0. The van der Waals surface area contributed by atoms with Crippen LogP contribution in [-0.2, 0) is 40.1 Å². The quantitative estimate of drug-likeness (QED) is 0.546. The van der Waals surface area contributed by atoms with Crippen molar-refractivity contribution >= 4 is 11.9 Å². The Morgan fingerprint density at radius 3 is 2.13 bits per heavy atom. The first-order valence-electron chi connectivity index (χ1n) is 4.43. The number of esters is 2. The Labute approximate surface area is 105 Å². The largest absolute Gasteiger partial charge is 0.495 e. The summed E-state index contributed by atoms with van der Waals surface area (Å²) in [5.74, 6) is -0.868. The van der Waals surface area contributed by atoms with Crippen molar-refractivity contribution in [3.63, 3.8) is 0 Å². The van der Waals surface area contributed by atoms with Gasteiger partial charge in [-0.15, -0.1) is 0 Å². The average molecular weight is 385 g/mol. The minimum atomic E-state index is -0.678. The van der Waals surface area contributed by atoms with Gasteiger partial charge in [0.15, 0.2) is 0 Å². The molecule has 0 aliphatic carbocycles. The van der Waals surface area contributed by atoms with Gasteiger partial charge in [-0.1, -0.05) is 0 Å². The van der Waals surface area contributed by atoms with Gasteiger partial charge in [-0.25, -0.2) is 0 Å². The monoisotopic (exact) mass is 385 g/mol. The second-order valence-corrected chi connectivity index (χ2v) is 4.02. The molecular weight excluding hydrogens is 368 g/mol. The van der Waals surface area contributed by atoms with Crippen molar-refractivity contribution < 1.29 is 40.1 Å². The fraction of sp³-hybridized carbons (Fsp3) is 0.700. The molecule has 0 aliphatic heterocycles. The summed E-state index contributed by atoms with van der Waals surface area (Å²) in [5, 5.41) is 0. The zero-order chi connectivity index (χ0) is 11.4. The smallest absolute Gasteiger partial charge is 0.307 e. The number of carbonyl (C=O) groups excluding carboxylic acids is 2. The van der Waals surface area contributed by atoms with Gasteiger partial charge in [0.25, 0.3) is 5.97 Å². The molecule has 0 saturated heterocycles. The summed E-state index contributed by atoms with van der Waals surface area (Å²) in [6.07, 6.45) is -0.695. The summed E-state index contributed by atoms with van der Waals surface area (Å²) in [7, 11) is 0. The molecule has 0 rings (SSSR count). The molecule has 0 heterocycles. The third-order valence-electron chi connectivity index (χ3n) is 1.15. The maximum Gasteiger partial charge on any atom is 0.307 e. The second kappa shape index (κ2) is 6.99. The Hall–Kier alpha value is -0.372. The SMILES string of the molecule is [CH2-]C(CC(=O)OC(C)(C)C)OC(C)=O.[W]. The van der Waals surface area contributed by atoms with Gasteiger partial charge >= 0.3 is 5.97 Å². The molecule has 0 saturated carbocycles. The first kappa shape index (κ1) is 17.0. The molecule has 0 amide bonds. The van der Waals surface area contributed by atoms with E-state index in [1.165, 1.54) is 6.92 Å². The van der Waals surface area contributed by atoms with Crippen LogP contribution in [0.1, 0.15) is 34.1 Å². The zero-order valence-electron chi connectivity index (χ0n) is 9.53. The Bertz CT molecular complexity index is 220. The van der Waals surface area contributed by atoms with Crippen LogP contribution in [0.25, 0.3) is 0 Å². The van der Waals surface area contributed by atoms with Crippen molar-refractivity contribution in [2.75, 3.05) is 0 Å². The number of ether oxygens (including phenoxy) is 2. The number of rotatable bonds is 3. The molecule has 15 heavy (non-hydrogen) atoms. The Morgan fingerprint density at radius 1 is 1.33 bits per heavy atom. The van der Waals surface area contributed by atoms with E-state index in [0.29, 0.717) is 0 Å². The van der Waals surface area contributed by atoms with Crippen LogP contribution >= 0.6 is 0 Å². The third-order valence-corrected chi connectivity index (χ3v) is 1.15. The van der Waals surface area contributed by atoms with Crippen LogP contribution in [0.5, 0.6) is 0 Å². The fourth-order valence-corrected chi connectivity index (χ4v) is 0.845. The van der Waals surface area contributed by atoms with Crippen molar-refractivity contribution in [3.8, 4) is 0 Å². The van der Waals surface area contributed by atoms with Crippen molar-refractivity contribution in [1.29, 1.82) is 0 Å². The molecule has 0 radical (unpaired) electrons. The molecule has 0 aromatic rings. The molecule has 1 unspecified atom stereocenters. The molecule has 0 aliphatic rings. The zero-order valence-corrected chi connectivity index (χ0v) is 12.5.